The second-order valence-electron chi connectivity index (χ2n) is 19.9. The van der Waals surface area contributed by atoms with Gasteiger partial charge in [0.25, 0.3) is 16.7 Å². The molecule has 394 valence electrons. The monoisotopic (exact) mass is 1070 g/mol. The zero-order valence-corrected chi connectivity index (χ0v) is 44.6. The summed E-state index contributed by atoms with van der Waals surface area (Å²) in [6.45, 7) is 0.767. The highest BCUT2D eigenvalue weighted by atomic mass is 32.1. The Morgan fingerprint density at radius 1 is 0.425 bits per heavy atom. The quantitative estimate of drug-likeness (QED) is 0.103. The molecule has 0 atom stereocenters. The molecule has 4 aliphatic rings. The van der Waals surface area contributed by atoms with Gasteiger partial charge in [-0.2, -0.15) is 11.3 Å². The van der Waals surface area contributed by atoms with Crippen LogP contribution < -0.4 is 21.4 Å². The number of aromatic amines is 3. The lowest BCUT2D eigenvalue weighted by Gasteiger charge is -2.05. The second kappa shape index (κ2) is 23.6. The Hall–Kier alpha value is -9.53. The molecule has 0 bridgehead atoms. The molecule has 0 fully saturated rings. The summed E-state index contributed by atoms with van der Waals surface area (Å²) in [5.74, 6) is 3.14. The topological polar surface area (TPSA) is 184 Å². The van der Waals surface area contributed by atoms with E-state index in [1.165, 1.54) is 22.3 Å². The Morgan fingerprint density at radius 3 is 1.34 bits per heavy atom. The van der Waals surface area contributed by atoms with Gasteiger partial charge >= 0.3 is 0 Å². The van der Waals surface area contributed by atoms with Crippen LogP contribution in [0.4, 0.5) is 0 Å². The minimum absolute atomic E-state index is 0.0731. The largest absolute Gasteiger partial charge is 0.493 e. The summed E-state index contributed by atoms with van der Waals surface area (Å²) in [6.07, 6.45) is 14.5. The van der Waals surface area contributed by atoms with Gasteiger partial charge in [0.05, 0.1) is 56.4 Å². The van der Waals surface area contributed by atoms with Gasteiger partial charge in [-0.05, 0) is 108 Å². The van der Waals surface area contributed by atoms with Gasteiger partial charge in [-0.15, -0.1) is 0 Å². The molecule has 14 heteroatoms. The average Bonchev–Trinajstić information content (AvgIpc) is 4.39. The van der Waals surface area contributed by atoms with Crippen molar-refractivity contribution >= 4 is 78.3 Å². The highest BCUT2D eigenvalue weighted by Gasteiger charge is 2.18. The maximum absolute atomic E-state index is 12.2. The number of H-pyrrole nitrogens is 3. The second-order valence-corrected chi connectivity index (χ2v) is 20.7. The molecule has 0 unspecified atom stereocenters. The first-order valence-electron chi connectivity index (χ1n) is 27.0. The molecule has 4 aliphatic heterocycles. The van der Waals surface area contributed by atoms with E-state index in [1.54, 1.807) is 29.5 Å². The van der Waals surface area contributed by atoms with Crippen molar-refractivity contribution in [3.8, 4) is 16.9 Å². The van der Waals surface area contributed by atoms with Gasteiger partial charge in [-0.1, -0.05) is 109 Å². The number of hydrogen-bond donors (Lipinski definition) is 3. The van der Waals surface area contributed by atoms with Crippen molar-refractivity contribution in [1.29, 1.82) is 0 Å². The molecule has 0 radical (unpaired) electrons. The van der Waals surface area contributed by atoms with Crippen LogP contribution in [0.15, 0.2) is 210 Å². The lowest BCUT2D eigenvalue weighted by Crippen LogP contribution is -2.12. The van der Waals surface area contributed by atoms with Crippen molar-refractivity contribution in [2.75, 3.05) is 6.61 Å². The third kappa shape index (κ3) is 12.0. The van der Waals surface area contributed by atoms with Crippen molar-refractivity contribution in [3.05, 3.63) is 251 Å². The van der Waals surface area contributed by atoms with E-state index in [0.29, 0.717) is 47.1 Å². The van der Waals surface area contributed by atoms with E-state index in [1.807, 2.05) is 66.7 Å². The molecular weight excluding hydrogens is 1010 g/mol. The fourth-order valence-electron chi connectivity index (χ4n) is 10.2. The van der Waals surface area contributed by atoms with Gasteiger partial charge in [0.2, 0.25) is 0 Å². The average molecular weight is 1070 g/mol. The fraction of sp³-hybridized carbons (Fsp3) is 0.167. The smallest absolute Gasteiger partial charge is 0.258 e. The van der Waals surface area contributed by atoms with Crippen LogP contribution >= 0.6 is 11.3 Å². The van der Waals surface area contributed by atoms with Crippen molar-refractivity contribution < 1.29 is 4.74 Å². The number of fused-ring (bicyclic) bond motifs is 4. The van der Waals surface area contributed by atoms with Crippen molar-refractivity contribution in [3.63, 3.8) is 0 Å². The van der Waals surface area contributed by atoms with Gasteiger partial charge in [-0.25, -0.2) is 15.0 Å². The van der Waals surface area contributed by atoms with Crippen molar-refractivity contribution in [1.82, 2.24) is 29.9 Å². The Morgan fingerprint density at radius 2 is 0.850 bits per heavy atom. The molecule has 80 heavy (non-hydrogen) atoms. The fourth-order valence-corrected chi connectivity index (χ4v) is 10.9. The number of rotatable bonds is 13. The number of allylic oxidation sites excluding steroid dienone is 3. The molecule has 3 N–H and O–H groups in total. The zero-order valence-electron chi connectivity index (χ0n) is 43.8. The maximum atomic E-state index is 12.2. The van der Waals surface area contributed by atoms with Crippen molar-refractivity contribution in [2.24, 2.45) is 15.0 Å². The molecule has 0 saturated carbocycles. The summed E-state index contributed by atoms with van der Waals surface area (Å²) < 4.78 is 5.57. The van der Waals surface area contributed by atoms with Crippen molar-refractivity contribution in [2.45, 2.75) is 64.2 Å². The SMILES string of the molecule is O=c1[nH]c(CCC2=NC(c3ccc(-c4ccccc4)cc3)=CC2)nc2ccccc12.O=c1[nH]c(CCC2=NC(c3ccc4c(c3)CCO4)=CC2)nc2ccccc12.O=c1[nH]c(CCC2=NC(c3ccsc3)=CC2)nc2ccccc12. The number of aliphatic imine (C=N–C) groups is 3. The summed E-state index contributed by atoms with van der Waals surface area (Å²) in [5.41, 5.74) is 15.6. The normalized spacial score (nSPS) is 14.2. The van der Waals surface area contributed by atoms with Gasteiger partial charge in [0, 0.05) is 78.6 Å². The Labute approximate surface area is 464 Å². The predicted molar refractivity (Wildman–Crippen MR) is 324 cm³/mol. The molecule has 13 nitrogen and oxygen atoms in total. The number of para-hydroxylation sites is 3. The van der Waals surface area contributed by atoms with E-state index in [-0.39, 0.29) is 16.7 Å². The number of aromatic nitrogens is 6. The van der Waals surface area contributed by atoms with Crippen LogP contribution in [0, 0.1) is 0 Å². The van der Waals surface area contributed by atoms with E-state index < -0.39 is 0 Å². The Kier molecular flexibility index (Phi) is 15.1. The molecule has 6 aromatic carbocycles. The summed E-state index contributed by atoms with van der Waals surface area (Å²) in [7, 11) is 0. The lowest BCUT2D eigenvalue weighted by molar-refractivity contribution is 0.357. The number of thiophene rings is 1. The predicted octanol–water partition coefficient (Wildman–Crippen LogP) is 12.9. The van der Waals surface area contributed by atoms with Gasteiger partial charge < -0.3 is 19.7 Å². The van der Waals surface area contributed by atoms with Crippen LogP contribution in [0.5, 0.6) is 5.75 Å². The first-order valence-corrected chi connectivity index (χ1v) is 27.9. The third-order valence-corrected chi connectivity index (χ3v) is 15.1. The van der Waals surface area contributed by atoms with Crippen LogP contribution in [0.25, 0.3) is 60.9 Å². The summed E-state index contributed by atoms with van der Waals surface area (Å²) in [5, 5.41) is 6.07. The van der Waals surface area contributed by atoms with Gasteiger partial charge in [0.1, 0.15) is 23.2 Å². The number of benzene rings is 6. The first-order chi connectivity index (χ1) is 39.3. The lowest BCUT2D eigenvalue weighted by atomic mass is 10.0. The molecule has 14 rings (SSSR count). The number of aryl methyl sites for hydroxylation is 3. The molecule has 4 aromatic heterocycles. The number of nitrogens with one attached hydrogen (secondary N) is 3. The molecule has 0 amide bonds. The Bertz CT molecular complexity index is 4320. The molecule has 0 aliphatic carbocycles. The van der Waals surface area contributed by atoms with E-state index in [2.05, 4.69) is 126 Å². The maximum Gasteiger partial charge on any atom is 0.258 e. The molecular formula is C66H55N9O4S. The number of hydrogen-bond acceptors (Lipinski definition) is 11. The van der Waals surface area contributed by atoms with Crippen LogP contribution in [0.3, 0.4) is 0 Å². The summed E-state index contributed by atoms with van der Waals surface area (Å²) in [4.78, 5) is 73.2. The molecule has 0 spiro atoms. The van der Waals surface area contributed by atoms with Gasteiger partial charge in [-0.3, -0.25) is 29.4 Å². The minimum atomic E-state index is -0.0821. The summed E-state index contributed by atoms with van der Waals surface area (Å²) >= 11 is 1.68. The summed E-state index contributed by atoms with van der Waals surface area (Å²) in [6, 6.07) is 49.6. The molecule has 10 aromatic rings. The standard InChI is InChI=1S/C26H21N3O.C22H19N3O2.C18H15N3OS/c30-26-22-8-4-5-9-24(22)28-25(29-26)17-15-21-14-16-23(27-21)20-12-10-19(11-13-20)18-6-2-1-3-7-18;26-22-17-3-1-2-4-19(17)24-21(25-22)10-7-16-6-8-18(23-16)14-5-9-20-15(13-14)11-12-27-20;22-18-14-3-1-2-4-16(14)20-17(21-18)8-6-13-5-7-15(19-13)12-9-10-23-11-12/h1-13,16H,14-15,17H2,(H,28,29,30);1-5,8-9,13H,6-7,10-12H2,(H,24,25,26);1-4,7,9-11H,5-6,8H2,(H,20,21,22). The van der Waals surface area contributed by atoms with E-state index >= 15 is 0 Å². The number of ether oxygens (including phenoxy) is 1. The highest BCUT2D eigenvalue weighted by Crippen LogP contribution is 2.32. The third-order valence-electron chi connectivity index (χ3n) is 14.5. The zero-order chi connectivity index (χ0) is 54.2. The van der Waals surface area contributed by atoms with Crippen LogP contribution in [-0.4, -0.2) is 53.6 Å². The first kappa shape index (κ1) is 51.2. The van der Waals surface area contributed by atoms with E-state index in [0.717, 1.165) is 125 Å². The number of nitrogens with zero attached hydrogens (tertiary/aromatic N) is 6. The molecule has 0 saturated heterocycles. The molecule has 8 heterocycles. The van der Waals surface area contributed by atoms with Crippen LogP contribution in [0.1, 0.15) is 78.3 Å². The highest BCUT2D eigenvalue weighted by molar-refractivity contribution is 7.08. The van der Waals surface area contributed by atoms with E-state index in [9.17, 15) is 14.4 Å². The van der Waals surface area contributed by atoms with Gasteiger partial charge in [0.15, 0.2) is 0 Å². The minimum Gasteiger partial charge on any atom is -0.493 e. The van der Waals surface area contributed by atoms with Crippen LogP contribution in [-0.2, 0) is 25.7 Å². The Balaban J connectivity index is 0.000000120. The van der Waals surface area contributed by atoms with Crippen LogP contribution in [0.2, 0.25) is 0 Å². The van der Waals surface area contributed by atoms with E-state index in [4.69, 9.17) is 19.7 Å².